The van der Waals surface area contributed by atoms with E-state index in [1.807, 2.05) is 23.1 Å². The average Bonchev–Trinajstić information content (AvgIpc) is 3.92. The number of nitrogens with zero attached hydrogens (tertiary/aromatic N) is 2. The minimum Gasteiger partial charge on any atom is -0.295 e. The number of thiophene rings is 1. The number of hydrogen-bond donors (Lipinski definition) is 0. The zero-order valence-corrected chi connectivity index (χ0v) is 31.7. The number of benzene rings is 9. The third-order valence-corrected chi connectivity index (χ3v) is 14.2. The monoisotopic (exact) mass is 746 g/mol. The highest BCUT2D eigenvalue weighted by Gasteiger charge is 2.29. The maximum Gasteiger partial charge on any atom is 0.131 e. The fourth-order valence-electron chi connectivity index (χ4n) is 9.38. The Hall–Kier alpha value is -6.59. The molecule has 56 heavy (non-hydrogen) atoms. The summed E-state index contributed by atoms with van der Waals surface area (Å²) in [6.07, 6.45) is 0. The van der Waals surface area contributed by atoms with Crippen molar-refractivity contribution in [1.82, 2.24) is 9.13 Å². The number of rotatable bonds is 3. The molecule has 12 aromatic rings. The van der Waals surface area contributed by atoms with Gasteiger partial charge in [0.15, 0.2) is 0 Å². The first-order chi connectivity index (χ1) is 27.8. The molecule has 1 aliphatic rings. The summed E-state index contributed by atoms with van der Waals surface area (Å²) in [7, 11) is 0. The van der Waals surface area contributed by atoms with Crippen molar-refractivity contribution in [2.45, 2.75) is 9.79 Å². The Morgan fingerprint density at radius 3 is 1.98 bits per heavy atom. The summed E-state index contributed by atoms with van der Waals surface area (Å²) in [5.41, 5.74) is 11.1. The highest BCUT2D eigenvalue weighted by Crippen LogP contribution is 2.52. The molecule has 0 radical (unpaired) electrons. The van der Waals surface area contributed by atoms with E-state index < -0.39 is 0 Å². The Morgan fingerprint density at radius 1 is 0.411 bits per heavy atom. The summed E-state index contributed by atoms with van der Waals surface area (Å²) in [4.78, 5) is 2.55. The lowest BCUT2D eigenvalue weighted by Crippen LogP contribution is -2.06. The third-order valence-electron chi connectivity index (χ3n) is 11.9. The second-order valence-electron chi connectivity index (χ2n) is 14.9. The standard InChI is InChI=1S/C52H30N2S2/c1-3-12-33-28-35(23-22-31(33)10-1)38-15-8-19-43-48(38)49-42-18-9-21-47-50(42)54(52(49)53(43)37-26-24-32-11-2-4-13-34(32)29-37)44-30-36(25-27-46(44)55-47)39-16-7-17-41-40-14-5-6-20-45(40)56-51(39)41/h1-30H. The zero-order chi connectivity index (χ0) is 36.5. The van der Waals surface area contributed by atoms with Gasteiger partial charge in [0.05, 0.1) is 16.7 Å². The van der Waals surface area contributed by atoms with Gasteiger partial charge in [-0.15, -0.1) is 11.3 Å². The van der Waals surface area contributed by atoms with Gasteiger partial charge in [-0.1, -0.05) is 145 Å². The molecule has 0 saturated carbocycles. The van der Waals surface area contributed by atoms with E-state index in [1.54, 1.807) is 0 Å². The van der Waals surface area contributed by atoms with Gasteiger partial charge in [-0.05, 0) is 92.3 Å². The van der Waals surface area contributed by atoms with E-state index in [9.17, 15) is 0 Å². The molecule has 0 atom stereocenters. The minimum atomic E-state index is 1.16. The molecular formula is C52H30N2S2. The predicted octanol–water partition coefficient (Wildman–Crippen LogP) is 15.2. The number of para-hydroxylation sites is 1. The van der Waals surface area contributed by atoms with Crippen LogP contribution in [0.2, 0.25) is 0 Å². The van der Waals surface area contributed by atoms with Crippen molar-refractivity contribution in [2.24, 2.45) is 0 Å². The predicted molar refractivity (Wildman–Crippen MR) is 241 cm³/mol. The van der Waals surface area contributed by atoms with Gasteiger partial charge in [0.2, 0.25) is 0 Å². The van der Waals surface area contributed by atoms with Crippen LogP contribution < -0.4 is 0 Å². The fourth-order valence-corrected chi connectivity index (χ4v) is 11.7. The Morgan fingerprint density at radius 2 is 1.09 bits per heavy atom. The Bertz CT molecular complexity index is 3640. The molecule has 260 valence electrons. The molecule has 0 aliphatic carbocycles. The number of fused-ring (bicyclic) bond motifs is 12. The lowest BCUT2D eigenvalue weighted by molar-refractivity contribution is 1.03. The lowest BCUT2D eigenvalue weighted by atomic mass is 9.97. The van der Waals surface area contributed by atoms with E-state index in [-0.39, 0.29) is 0 Å². The Balaban J connectivity index is 1.16. The maximum atomic E-state index is 2.58. The molecule has 0 bridgehead atoms. The Labute approximate surface area is 330 Å². The zero-order valence-electron chi connectivity index (χ0n) is 30.0. The van der Waals surface area contributed by atoms with Gasteiger partial charge in [-0.25, -0.2) is 0 Å². The van der Waals surface area contributed by atoms with Crippen LogP contribution in [-0.4, -0.2) is 9.13 Å². The van der Waals surface area contributed by atoms with Crippen LogP contribution in [0, 0.1) is 0 Å². The molecule has 2 nitrogen and oxygen atoms in total. The second-order valence-corrected chi connectivity index (χ2v) is 17.0. The normalized spacial score (nSPS) is 12.6. The van der Waals surface area contributed by atoms with Crippen molar-refractivity contribution in [2.75, 3.05) is 0 Å². The average molecular weight is 747 g/mol. The molecule has 4 heteroatoms. The molecule has 0 saturated heterocycles. The molecule has 0 fully saturated rings. The Kier molecular flexibility index (Phi) is 6.29. The summed E-state index contributed by atoms with van der Waals surface area (Å²) in [6, 6.07) is 67.7. The summed E-state index contributed by atoms with van der Waals surface area (Å²) >= 11 is 3.78. The quantitative estimate of drug-likeness (QED) is 0.175. The van der Waals surface area contributed by atoms with E-state index in [2.05, 4.69) is 191 Å². The van der Waals surface area contributed by atoms with Gasteiger partial charge in [-0.3, -0.25) is 9.13 Å². The molecule has 0 N–H and O–H groups in total. The summed E-state index contributed by atoms with van der Waals surface area (Å²) in [5, 5.41) is 11.5. The second kappa shape index (κ2) is 11.5. The summed E-state index contributed by atoms with van der Waals surface area (Å²) < 4.78 is 7.78. The van der Waals surface area contributed by atoms with Crippen molar-refractivity contribution in [3.8, 4) is 33.6 Å². The van der Waals surface area contributed by atoms with Gasteiger partial charge in [0, 0.05) is 51.8 Å². The molecule has 0 unspecified atom stereocenters. The molecule has 4 heterocycles. The molecule has 3 aromatic heterocycles. The van der Waals surface area contributed by atoms with Crippen molar-refractivity contribution in [3.63, 3.8) is 0 Å². The van der Waals surface area contributed by atoms with Crippen LogP contribution in [0.4, 0.5) is 0 Å². The number of hydrogen-bond acceptors (Lipinski definition) is 2. The van der Waals surface area contributed by atoms with Gasteiger partial charge >= 0.3 is 0 Å². The van der Waals surface area contributed by atoms with Crippen LogP contribution in [0.15, 0.2) is 192 Å². The minimum absolute atomic E-state index is 1.16. The van der Waals surface area contributed by atoms with Crippen LogP contribution in [0.3, 0.4) is 0 Å². The number of aromatic nitrogens is 2. The first kappa shape index (κ1) is 30.7. The van der Waals surface area contributed by atoms with Gasteiger partial charge in [0.1, 0.15) is 5.65 Å². The summed E-state index contributed by atoms with van der Waals surface area (Å²) in [6.45, 7) is 0. The van der Waals surface area contributed by atoms with E-state index in [0.29, 0.717) is 0 Å². The van der Waals surface area contributed by atoms with Crippen molar-refractivity contribution >= 4 is 97.7 Å². The van der Waals surface area contributed by atoms with Crippen molar-refractivity contribution < 1.29 is 0 Å². The van der Waals surface area contributed by atoms with Gasteiger partial charge in [-0.2, -0.15) is 0 Å². The largest absolute Gasteiger partial charge is 0.295 e. The van der Waals surface area contributed by atoms with Crippen molar-refractivity contribution in [1.29, 1.82) is 0 Å². The highest BCUT2D eigenvalue weighted by molar-refractivity contribution is 7.99. The van der Waals surface area contributed by atoms with Crippen molar-refractivity contribution in [3.05, 3.63) is 182 Å². The lowest BCUT2D eigenvalue weighted by Gasteiger charge is -2.22. The third kappa shape index (κ3) is 4.23. The highest BCUT2D eigenvalue weighted by atomic mass is 32.2. The van der Waals surface area contributed by atoms with Crippen LogP contribution in [0.1, 0.15) is 0 Å². The molecule has 13 rings (SSSR count). The topological polar surface area (TPSA) is 9.86 Å². The molecule has 9 aromatic carbocycles. The van der Waals surface area contributed by atoms with Crippen LogP contribution in [-0.2, 0) is 0 Å². The fraction of sp³-hybridized carbons (Fsp3) is 0. The molecule has 0 amide bonds. The van der Waals surface area contributed by atoms with E-state index in [0.717, 1.165) is 5.69 Å². The van der Waals surface area contributed by atoms with Crippen LogP contribution >= 0.6 is 23.1 Å². The van der Waals surface area contributed by atoms with E-state index in [4.69, 9.17) is 0 Å². The van der Waals surface area contributed by atoms with E-state index >= 15 is 0 Å². The molecule has 0 spiro atoms. The smallest absolute Gasteiger partial charge is 0.131 e. The van der Waals surface area contributed by atoms with Crippen LogP contribution in [0.5, 0.6) is 0 Å². The summed E-state index contributed by atoms with van der Waals surface area (Å²) in [5.74, 6) is 0. The molecule has 1 aliphatic heterocycles. The molecular weight excluding hydrogens is 717 g/mol. The van der Waals surface area contributed by atoms with Crippen LogP contribution in [0.25, 0.3) is 108 Å². The van der Waals surface area contributed by atoms with E-state index in [1.165, 1.54) is 112 Å². The van der Waals surface area contributed by atoms with Gasteiger partial charge in [0.25, 0.3) is 0 Å². The SMILES string of the molecule is c1ccc2cc(-c3cccc4c3c3c5cccc6c5n(c3n4-c3ccc4ccccc4c3)-c3cc(-c4cccc5c4sc4ccccc45)ccc3S6)ccc2c1. The first-order valence-electron chi connectivity index (χ1n) is 19.1. The van der Waals surface area contributed by atoms with Gasteiger partial charge < -0.3 is 0 Å². The first-order valence-corrected chi connectivity index (χ1v) is 20.7. The maximum absolute atomic E-state index is 2.58.